The third-order valence-electron chi connectivity index (χ3n) is 5.30. The van der Waals surface area contributed by atoms with E-state index in [1.165, 1.54) is 0 Å². The van der Waals surface area contributed by atoms with Crippen LogP contribution in [0.5, 0.6) is 0 Å². The lowest BCUT2D eigenvalue weighted by atomic mass is 9.99. The number of hydrogen-bond acceptors (Lipinski definition) is 5. The van der Waals surface area contributed by atoms with Crippen molar-refractivity contribution >= 4 is 53.4 Å². The van der Waals surface area contributed by atoms with Crippen molar-refractivity contribution in [2.45, 2.75) is 18.8 Å². The average Bonchev–Trinajstić information content (AvgIpc) is 2.93. The highest BCUT2D eigenvalue weighted by atomic mass is 35.5. The van der Waals surface area contributed by atoms with Gasteiger partial charge in [0.15, 0.2) is 6.10 Å². The second-order valence-electron chi connectivity index (χ2n) is 7.48. The number of halogens is 2. The highest BCUT2D eigenvalue weighted by Gasteiger charge is 2.38. The van der Waals surface area contributed by atoms with Gasteiger partial charge in [-0.15, -0.1) is 0 Å². The molecule has 1 heterocycles. The molecule has 8 heteroatoms. The molecule has 33 heavy (non-hydrogen) atoms. The maximum Gasteiger partial charge on any atom is 0.315 e. The molecule has 0 radical (unpaired) electrons. The van der Waals surface area contributed by atoms with Gasteiger partial charge in [-0.25, -0.2) is 0 Å². The number of carbonyl (C=O) groups is 2. The molecular weight excluding hydrogens is 481 g/mol. The number of anilines is 1. The Labute approximate surface area is 207 Å². The highest BCUT2D eigenvalue weighted by Crippen LogP contribution is 2.41. The molecule has 4 rings (SSSR count). The van der Waals surface area contributed by atoms with Crippen molar-refractivity contribution in [1.82, 2.24) is 0 Å². The van der Waals surface area contributed by atoms with Crippen molar-refractivity contribution in [3.63, 3.8) is 0 Å². The summed E-state index contributed by atoms with van der Waals surface area (Å²) in [6.45, 7) is 0.0656. The van der Waals surface area contributed by atoms with E-state index >= 15 is 0 Å². The summed E-state index contributed by atoms with van der Waals surface area (Å²) in [7, 11) is 0. The number of rotatable bonds is 6. The van der Waals surface area contributed by atoms with Crippen molar-refractivity contribution in [2.24, 2.45) is 0 Å². The van der Waals surface area contributed by atoms with E-state index in [0.29, 0.717) is 33.4 Å². The van der Waals surface area contributed by atoms with Crippen LogP contribution >= 0.6 is 35.8 Å². The Hall–Kier alpha value is -2.51. The lowest BCUT2D eigenvalue weighted by molar-refractivity contribution is -0.150. The van der Waals surface area contributed by atoms with Gasteiger partial charge in [-0.1, -0.05) is 71.7 Å². The Bertz CT molecular complexity index is 1160. The fraction of sp³-hybridized carbons (Fsp3) is 0.200. The third-order valence-corrected chi connectivity index (χ3v) is 6.14. The highest BCUT2D eigenvalue weighted by molar-refractivity contribution is 7.81. The van der Waals surface area contributed by atoms with Crippen LogP contribution in [0.2, 0.25) is 10.0 Å². The van der Waals surface area contributed by atoms with Crippen LogP contribution in [0.1, 0.15) is 22.8 Å². The average molecular weight is 502 g/mol. The van der Waals surface area contributed by atoms with Gasteiger partial charge in [-0.2, -0.15) is 12.6 Å². The van der Waals surface area contributed by atoms with E-state index in [2.05, 4.69) is 12.6 Å². The fourth-order valence-electron chi connectivity index (χ4n) is 3.75. The normalized spacial score (nSPS) is 17.9. The van der Waals surface area contributed by atoms with Crippen molar-refractivity contribution in [1.29, 1.82) is 0 Å². The Morgan fingerprint density at radius 2 is 1.73 bits per heavy atom. The molecule has 0 aliphatic carbocycles. The molecule has 1 aliphatic heterocycles. The molecule has 0 saturated carbocycles. The maximum absolute atomic E-state index is 13.7. The minimum absolute atomic E-state index is 0.0988. The number of fused-ring (bicyclic) bond motifs is 1. The molecule has 1 aliphatic rings. The zero-order chi connectivity index (χ0) is 23.4. The number of carbonyl (C=O) groups excluding carboxylic acids is 2. The zero-order valence-corrected chi connectivity index (χ0v) is 19.9. The van der Waals surface area contributed by atoms with Gasteiger partial charge in [-0.05, 0) is 29.8 Å². The molecule has 0 fully saturated rings. The van der Waals surface area contributed by atoms with E-state index in [1.54, 1.807) is 29.2 Å². The summed E-state index contributed by atoms with van der Waals surface area (Å²) in [6.07, 6.45) is -1.75. The molecule has 0 saturated heterocycles. The summed E-state index contributed by atoms with van der Waals surface area (Å²) < 4.78 is 11.5. The van der Waals surface area contributed by atoms with Crippen LogP contribution in [0.4, 0.5) is 5.69 Å². The predicted octanol–water partition coefficient (Wildman–Crippen LogP) is 5.49. The summed E-state index contributed by atoms with van der Waals surface area (Å²) >= 11 is 16.8. The first kappa shape index (κ1) is 23.6. The van der Waals surface area contributed by atoms with E-state index < -0.39 is 18.2 Å². The van der Waals surface area contributed by atoms with Crippen LogP contribution in [0.25, 0.3) is 0 Å². The molecule has 0 spiro atoms. The second-order valence-corrected chi connectivity index (χ2v) is 8.64. The number of thiol groups is 1. The standard InChI is InChI=1S/C25H21Cl2NO4S/c26-17-10-11-21-19(12-17)24(18-8-4-5-9-20(18)27)32-22(14-31-23(29)15-33)25(30)28(21)13-16-6-2-1-3-7-16/h1-12,22,24,33H,13-15H2. The number of nitrogens with zero attached hydrogens (tertiary/aromatic N) is 1. The molecule has 5 nitrogen and oxygen atoms in total. The van der Waals surface area contributed by atoms with Crippen LogP contribution in [0, 0.1) is 0 Å². The number of hydrogen-bond donors (Lipinski definition) is 1. The van der Waals surface area contributed by atoms with E-state index in [0.717, 1.165) is 5.56 Å². The quantitative estimate of drug-likeness (QED) is 0.358. The predicted molar refractivity (Wildman–Crippen MR) is 132 cm³/mol. The Morgan fingerprint density at radius 3 is 2.45 bits per heavy atom. The van der Waals surface area contributed by atoms with Gasteiger partial charge >= 0.3 is 5.97 Å². The molecule has 2 atom stereocenters. The summed E-state index contributed by atoms with van der Waals surface area (Å²) in [4.78, 5) is 27.1. The number of amides is 1. The zero-order valence-electron chi connectivity index (χ0n) is 17.5. The Kier molecular flexibility index (Phi) is 7.60. The lowest BCUT2D eigenvalue weighted by Gasteiger charge is -2.25. The monoisotopic (exact) mass is 501 g/mol. The molecule has 2 unspecified atom stereocenters. The van der Waals surface area contributed by atoms with Gasteiger partial charge in [0.05, 0.1) is 18.0 Å². The van der Waals surface area contributed by atoms with Gasteiger partial charge in [0, 0.05) is 21.2 Å². The first-order valence-electron chi connectivity index (χ1n) is 10.3. The summed E-state index contributed by atoms with van der Waals surface area (Å²) in [6, 6.07) is 22.2. The van der Waals surface area contributed by atoms with Crippen molar-refractivity contribution in [3.8, 4) is 0 Å². The topological polar surface area (TPSA) is 55.8 Å². The smallest absolute Gasteiger partial charge is 0.315 e. The third kappa shape index (κ3) is 5.36. The van der Waals surface area contributed by atoms with Crippen molar-refractivity contribution in [3.05, 3.63) is 99.5 Å². The van der Waals surface area contributed by atoms with Crippen molar-refractivity contribution in [2.75, 3.05) is 17.3 Å². The SMILES string of the molecule is O=C(CS)OCC1OC(c2ccccc2Cl)c2cc(Cl)ccc2N(Cc2ccccc2)C1=O. The lowest BCUT2D eigenvalue weighted by Crippen LogP contribution is -2.41. The molecule has 0 N–H and O–H groups in total. The van der Waals surface area contributed by atoms with Crippen molar-refractivity contribution < 1.29 is 19.1 Å². The largest absolute Gasteiger partial charge is 0.462 e. The molecule has 170 valence electrons. The number of ether oxygens (including phenoxy) is 2. The Balaban J connectivity index is 1.83. The maximum atomic E-state index is 13.7. The first-order valence-corrected chi connectivity index (χ1v) is 11.7. The molecule has 0 aromatic heterocycles. The minimum Gasteiger partial charge on any atom is -0.462 e. The summed E-state index contributed by atoms with van der Waals surface area (Å²) in [5.41, 5.74) is 2.97. The van der Waals surface area contributed by atoms with Crippen LogP contribution in [-0.2, 0) is 25.6 Å². The number of benzene rings is 3. The van der Waals surface area contributed by atoms with Crippen LogP contribution in [0.3, 0.4) is 0 Å². The first-order chi connectivity index (χ1) is 16.0. The number of esters is 1. The van der Waals surface area contributed by atoms with E-state index in [4.69, 9.17) is 32.7 Å². The van der Waals surface area contributed by atoms with Gasteiger partial charge in [0.25, 0.3) is 5.91 Å². The van der Waals surface area contributed by atoms with Crippen LogP contribution < -0.4 is 4.90 Å². The van der Waals surface area contributed by atoms with E-state index in [1.807, 2.05) is 48.5 Å². The molecule has 3 aromatic rings. The molecule has 3 aromatic carbocycles. The fourth-order valence-corrected chi connectivity index (χ4v) is 4.26. The van der Waals surface area contributed by atoms with Gasteiger partial charge in [-0.3, -0.25) is 9.59 Å². The molecular formula is C25H21Cl2NO4S. The molecule has 1 amide bonds. The van der Waals surface area contributed by atoms with Gasteiger partial charge < -0.3 is 14.4 Å². The van der Waals surface area contributed by atoms with Gasteiger partial charge in [0.2, 0.25) is 0 Å². The van der Waals surface area contributed by atoms with Crippen LogP contribution in [-0.4, -0.2) is 30.3 Å². The van der Waals surface area contributed by atoms with Crippen LogP contribution in [0.15, 0.2) is 72.8 Å². The summed E-state index contributed by atoms with van der Waals surface area (Å²) in [5.74, 6) is -0.967. The minimum atomic E-state index is -1.05. The second kappa shape index (κ2) is 10.6. The Morgan fingerprint density at radius 1 is 1.00 bits per heavy atom. The summed E-state index contributed by atoms with van der Waals surface area (Å²) in [5, 5.41) is 0.991. The van der Waals surface area contributed by atoms with Gasteiger partial charge in [0.1, 0.15) is 12.7 Å². The van der Waals surface area contributed by atoms with E-state index in [-0.39, 0.29) is 18.3 Å². The van der Waals surface area contributed by atoms with E-state index in [9.17, 15) is 9.59 Å². The molecule has 0 bridgehead atoms.